The monoisotopic (exact) mass is 226 g/mol. The van der Waals surface area contributed by atoms with Gasteiger partial charge in [-0.05, 0) is 12.1 Å². The van der Waals surface area contributed by atoms with Gasteiger partial charge in [0.2, 0.25) is 0 Å². The summed E-state index contributed by atoms with van der Waals surface area (Å²) in [6.07, 6.45) is 0.692. The van der Waals surface area contributed by atoms with E-state index in [1.54, 1.807) is 0 Å². The molecule has 15 heavy (non-hydrogen) atoms. The lowest BCUT2D eigenvalue weighted by atomic mass is 10.1. The summed E-state index contributed by atoms with van der Waals surface area (Å²) in [6.45, 7) is 0. The van der Waals surface area contributed by atoms with E-state index in [2.05, 4.69) is 24.5 Å². The molecule has 0 saturated heterocycles. The molecule has 0 aliphatic rings. The van der Waals surface area contributed by atoms with Crippen LogP contribution in [0.3, 0.4) is 0 Å². The van der Waals surface area contributed by atoms with Crippen LogP contribution in [0.5, 0.6) is 0 Å². The molecular formula is C11H8F2OS. The molecule has 0 bridgehead atoms. The number of halogens is 2. The smallest absolute Gasteiger partial charge is 0.155 e. The van der Waals surface area contributed by atoms with E-state index in [1.807, 2.05) is 0 Å². The van der Waals surface area contributed by atoms with Crippen LogP contribution in [0.2, 0.25) is 0 Å². The summed E-state index contributed by atoms with van der Waals surface area (Å²) in [5.41, 5.74) is -0.341. The molecule has 4 heteroatoms. The first-order valence-corrected chi connectivity index (χ1v) is 4.86. The number of thiol groups is 1. The summed E-state index contributed by atoms with van der Waals surface area (Å²) in [4.78, 5) is 10.3. The summed E-state index contributed by atoms with van der Waals surface area (Å²) in [5.74, 6) is 4.09. The third kappa shape index (κ3) is 3.07. The number of carbonyl (C=O) groups is 1. The van der Waals surface area contributed by atoms with Gasteiger partial charge in [-0.3, -0.25) is 4.79 Å². The molecule has 0 radical (unpaired) electrons. The zero-order valence-electron chi connectivity index (χ0n) is 7.76. The first kappa shape index (κ1) is 11.7. The fourth-order valence-electron chi connectivity index (χ4n) is 0.990. The fourth-order valence-corrected chi connectivity index (χ4v) is 1.10. The molecule has 1 nitrogen and oxygen atoms in total. The van der Waals surface area contributed by atoms with Crippen LogP contribution in [-0.4, -0.2) is 12.0 Å². The van der Waals surface area contributed by atoms with Crippen LogP contribution in [0.25, 0.3) is 0 Å². The SMILES string of the molecule is O=Cc1c(F)cc(C#CCCS)cc1F. The van der Waals surface area contributed by atoms with Crippen molar-refractivity contribution in [2.24, 2.45) is 0 Å². The minimum absolute atomic E-state index is 0.148. The largest absolute Gasteiger partial charge is 0.298 e. The van der Waals surface area contributed by atoms with Gasteiger partial charge in [0, 0.05) is 17.7 Å². The van der Waals surface area contributed by atoms with E-state index in [4.69, 9.17) is 0 Å². The second kappa shape index (κ2) is 5.52. The van der Waals surface area contributed by atoms with E-state index in [-0.39, 0.29) is 11.8 Å². The Morgan fingerprint density at radius 3 is 2.40 bits per heavy atom. The molecule has 1 aromatic rings. The maximum atomic E-state index is 13.1. The number of hydrogen-bond donors (Lipinski definition) is 1. The van der Waals surface area contributed by atoms with E-state index in [0.29, 0.717) is 12.2 Å². The summed E-state index contributed by atoms with van der Waals surface area (Å²) < 4.78 is 26.1. The molecule has 0 amide bonds. The Morgan fingerprint density at radius 2 is 1.93 bits per heavy atom. The Balaban J connectivity index is 3.05. The van der Waals surface area contributed by atoms with Crippen molar-refractivity contribution in [1.29, 1.82) is 0 Å². The van der Waals surface area contributed by atoms with E-state index < -0.39 is 17.2 Å². The van der Waals surface area contributed by atoms with Crippen molar-refractivity contribution in [3.63, 3.8) is 0 Å². The maximum absolute atomic E-state index is 13.1. The minimum Gasteiger partial charge on any atom is -0.298 e. The molecular weight excluding hydrogens is 218 g/mol. The highest BCUT2D eigenvalue weighted by molar-refractivity contribution is 7.80. The average molecular weight is 226 g/mol. The summed E-state index contributed by atoms with van der Waals surface area (Å²) in [6, 6.07) is 2.08. The van der Waals surface area contributed by atoms with Gasteiger partial charge in [0.1, 0.15) is 11.6 Å². The van der Waals surface area contributed by atoms with Gasteiger partial charge in [-0.25, -0.2) is 8.78 Å². The standard InChI is InChI=1S/C11H8F2OS/c12-10-5-8(3-1-2-4-15)6-11(13)9(10)7-14/h5-7,15H,2,4H2. The number of carbonyl (C=O) groups excluding carboxylic acids is 1. The maximum Gasteiger partial charge on any atom is 0.155 e. The molecule has 0 atom stereocenters. The van der Waals surface area contributed by atoms with Gasteiger partial charge < -0.3 is 0 Å². The van der Waals surface area contributed by atoms with Crippen LogP contribution >= 0.6 is 12.6 Å². The lowest BCUT2D eigenvalue weighted by molar-refractivity contribution is 0.111. The van der Waals surface area contributed by atoms with Crippen LogP contribution in [-0.2, 0) is 0 Å². The molecule has 0 aliphatic heterocycles. The minimum atomic E-state index is -0.889. The van der Waals surface area contributed by atoms with Crippen LogP contribution in [0.4, 0.5) is 8.78 Å². The van der Waals surface area contributed by atoms with Crippen LogP contribution in [0, 0.1) is 23.5 Å². The molecule has 0 aliphatic carbocycles. The van der Waals surface area contributed by atoms with E-state index >= 15 is 0 Å². The first-order valence-electron chi connectivity index (χ1n) is 4.23. The van der Waals surface area contributed by atoms with E-state index in [1.165, 1.54) is 0 Å². The zero-order chi connectivity index (χ0) is 11.3. The van der Waals surface area contributed by atoms with Crippen LogP contribution < -0.4 is 0 Å². The van der Waals surface area contributed by atoms with Crippen molar-refractivity contribution in [3.8, 4) is 11.8 Å². The molecule has 0 fully saturated rings. The Morgan fingerprint density at radius 1 is 1.33 bits per heavy atom. The van der Waals surface area contributed by atoms with Crippen molar-refractivity contribution in [3.05, 3.63) is 34.9 Å². The van der Waals surface area contributed by atoms with Gasteiger partial charge in [-0.1, -0.05) is 11.8 Å². The number of hydrogen-bond acceptors (Lipinski definition) is 2. The van der Waals surface area contributed by atoms with Gasteiger partial charge in [0.25, 0.3) is 0 Å². The van der Waals surface area contributed by atoms with Gasteiger partial charge in [-0.15, -0.1) is 0 Å². The lowest BCUT2D eigenvalue weighted by Crippen LogP contribution is -1.94. The van der Waals surface area contributed by atoms with Gasteiger partial charge in [0.05, 0.1) is 5.56 Å². The highest BCUT2D eigenvalue weighted by atomic mass is 32.1. The van der Waals surface area contributed by atoms with Gasteiger partial charge >= 0.3 is 0 Å². The molecule has 1 rings (SSSR count). The van der Waals surface area contributed by atoms with Gasteiger partial charge in [0.15, 0.2) is 6.29 Å². The highest BCUT2D eigenvalue weighted by Crippen LogP contribution is 2.12. The second-order valence-electron chi connectivity index (χ2n) is 2.75. The normalized spacial score (nSPS) is 9.27. The second-order valence-corrected chi connectivity index (χ2v) is 3.19. The predicted octanol–water partition coefficient (Wildman–Crippen LogP) is 2.45. The summed E-state index contributed by atoms with van der Waals surface area (Å²) in [5, 5.41) is 0. The fraction of sp³-hybridized carbons (Fsp3) is 0.182. The van der Waals surface area contributed by atoms with Crippen molar-refractivity contribution in [1.82, 2.24) is 0 Å². The Kier molecular flexibility index (Phi) is 4.32. The quantitative estimate of drug-likeness (QED) is 0.465. The van der Waals surface area contributed by atoms with Crippen molar-refractivity contribution < 1.29 is 13.6 Å². The molecule has 78 valence electrons. The van der Waals surface area contributed by atoms with Crippen molar-refractivity contribution in [2.45, 2.75) is 6.42 Å². The van der Waals surface area contributed by atoms with Gasteiger partial charge in [-0.2, -0.15) is 12.6 Å². The van der Waals surface area contributed by atoms with Crippen LogP contribution in [0.1, 0.15) is 22.3 Å². The molecule has 0 heterocycles. The number of rotatable bonds is 2. The van der Waals surface area contributed by atoms with E-state index in [0.717, 1.165) is 12.1 Å². The summed E-state index contributed by atoms with van der Waals surface area (Å²) >= 11 is 3.94. The predicted molar refractivity (Wildman–Crippen MR) is 57.1 cm³/mol. The van der Waals surface area contributed by atoms with Crippen molar-refractivity contribution >= 4 is 18.9 Å². The lowest BCUT2D eigenvalue weighted by Gasteiger charge is -1.97. The molecule has 0 aromatic heterocycles. The highest BCUT2D eigenvalue weighted by Gasteiger charge is 2.08. The van der Waals surface area contributed by atoms with Crippen molar-refractivity contribution in [2.75, 3.05) is 5.75 Å². The third-order valence-corrected chi connectivity index (χ3v) is 1.89. The topological polar surface area (TPSA) is 17.1 Å². The average Bonchev–Trinajstić information content (AvgIpc) is 2.18. The third-order valence-electron chi connectivity index (χ3n) is 1.67. The van der Waals surface area contributed by atoms with Crippen LogP contribution in [0.15, 0.2) is 12.1 Å². The molecule has 0 saturated carbocycles. The first-order chi connectivity index (χ1) is 7.19. The number of benzene rings is 1. The van der Waals surface area contributed by atoms with E-state index in [9.17, 15) is 13.6 Å². The summed E-state index contributed by atoms with van der Waals surface area (Å²) in [7, 11) is 0. The Hall–Kier alpha value is -1.34. The molecule has 1 aromatic carbocycles. The Labute approximate surface area is 91.9 Å². The number of aldehydes is 1. The molecule has 0 unspecified atom stereocenters. The molecule has 0 spiro atoms. The zero-order valence-corrected chi connectivity index (χ0v) is 8.65. The molecule has 0 N–H and O–H groups in total. The Bertz CT molecular complexity index is 409.